The SMILES string of the molecule is CC(C)C(C(=O)N(C)C1CCNC1)N1CCCCC1.Cl.Cl. The van der Waals surface area contributed by atoms with Crippen LogP contribution in [-0.2, 0) is 4.79 Å². The van der Waals surface area contributed by atoms with Crippen molar-refractivity contribution in [2.24, 2.45) is 5.92 Å². The molecule has 2 fully saturated rings. The predicted molar refractivity (Wildman–Crippen MR) is 92.6 cm³/mol. The van der Waals surface area contributed by atoms with Gasteiger partial charge in [0.25, 0.3) is 0 Å². The van der Waals surface area contributed by atoms with E-state index < -0.39 is 0 Å². The van der Waals surface area contributed by atoms with Crippen LogP contribution in [0.25, 0.3) is 0 Å². The molecule has 0 bridgehead atoms. The fourth-order valence-corrected chi connectivity index (χ4v) is 3.42. The Morgan fingerprint density at radius 1 is 1.19 bits per heavy atom. The Hall–Kier alpha value is -0.0300. The molecule has 0 aromatic rings. The molecule has 2 aliphatic heterocycles. The summed E-state index contributed by atoms with van der Waals surface area (Å²) in [6.45, 7) is 8.53. The number of nitrogens with zero attached hydrogens (tertiary/aromatic N) is 2. The Kier molecular flexibility index (Phi) is 9.87. The molecule has 2 atom stereocenters. The zero-order chi connectivity index (χ0) is 13.8. The number of rotatable bonds is 4. The molecule has 6 heteroatoms. The van der Waals surface area contributed by atoms with E-state index in [9.17, 15) is 4.79 Å². The fourth-order valence-electron chi connectivity index (χ4n) is 3.42. The molecule has 4 nitrogen and oxygen atoms in total. The first-order valence-electron chi connectivity index (χ1n) is 7.82. The highest BCUT2D eigenvalue weighted by Crippen LogP contribution is 2.20. The highest BCUT2D eigenvalue weighted by Gasteiger charge is 2.34. The van der Waals surface area contributed by atoms with Gasteiger partial charge in [0.1, 0.15) is 0 Å². The fraction of sp³-hybridized carbons (Fsp3) is 0.933. The van der Waals surface area contributed by atoms with Crippen LogP contribution in [0.4, 0.5) is 0 Å². The van der Waals surface area contributed by atoms with Crippen molar-refractivity contribution in [3.63, 3.8) is 0 Å². The molecule has 0 aliphatic carbocycles. The molecule has 126 valence electrons. The normalized spacial score (nSPS) is 24.1. The zero-order valence-corrected chi connectivity index (χ0v) is 15.1. The lowest BCUT2D eigenvalue weighted by Crippen LogP contribution is -2.54. The van der Waals surface area contributed by atoms with Crippen molar-refractivity contribution in [1.29, 1.82) is 0 Å². The van der Waals surface area contributed by atoms with E-state index >= 15 is 0 Å². The summed E-state index contributed by atoms with van der Waals surface area (Å²) in [5.41, 5.74) is 0. The van der Waals surface area contributed by atoms with Crippen molar-refractivity contribution < 1.29 is 4.79 Å². The van der Waals surface area contributed by atoms with Crippen molar-refractivity contribution in [1.82, 2.24) is 15.1 Å². The summed E-state index contributed by atoms with van der Waals surface area (Å²) in [5, 5.41) is 3.35. The van der Waals surface area contributed by atoms with Crippen LogP contribution in [-0.4, -0.2) is 61.0 Å². The standard InChI is InChI=1S/C15H29N3O.2ClH/c1-12(2)14(18-9-5-4-6-10-18)15(19)17(3)13-7-8-16-11-13;;/h12-14,16H,4-11H2,1-3H3;2*1H. The first kappa shape index (κ1) is 21.0. The average molecular weight is 340 g/mol. The van der Waals surface area contributed by atoms with Crippen LogP contribution in [0, 0.1) is 5.92 Å². The van der Waals surface area contributed by atoms with Gasteiger partial charge < -0.3 is 10.2 Å². The maximum Gasteiger partial charge on any atom is 0.240 e. The number of likely N-dealkylation sites (tertiary alicyclic amines) is 1. The number of hydrogen-bond donors (Lipinski definition) is 1. The molecule has 0 spiro atoms. The minimum absolute atomic E-state index is 0. The van der Waals surface area contributed by atoms with Crippen molar-refractivity contribution in [3.05, 3.63) is 0 Å². The van der Waals surface area contributed by atoms with Crippen molar-refractivity contribution in [2.75, 3.05) is 33.2 Å². The Bertz CT molecular complexity index is 303. The minimum Gasteiger partial charge on any atom is -0.340 e. The number of piperidine rings is 1. The van der Waals surface area contributed by atoms with E-state index in [-0.39, 0.29) is 30.9 Å². The predicted octanol–water partition coefficient (Wildman–Crippen LogP) is 2.16. The van der Waals surface area contributed by atoms with Gasteiger partial charge in [0.05, 0.1) is 6.04 Å². The number of likely N-dealkylation sites (N-methyl/N-ethyl adjacent to an activating group) is 1. The summed E-state index contributed by atoms with van der Waals surface area (Å²) in [6.07, 6.45) is 4.89. The molecule has 2 aliphatic rings. The van der Waals surface area contributed by atoms with Gasteiger partial charge in [-0.05, 0) is 44.8 Å². The molecule has 2 rings (SSSR count). The quantitative estimate of drug-likeness (QED) is 0.852. The number of carbonyl (C=O) groups is 1. The van der Waals surface area contributed by atoms with Crippen LogP contribution in [0.15, 0.2) is 0 Å². The van der Waals surface area contributed by atoms with E-state index in [1.165, 1.54) is 19.3 Å². The molecule has 2 heterocycles. The van der Waals surface area contributed by atoms with E-state index in [0.717, 1.165) is 32.6 Å². The first-order chi connectivity index (χ1) is 9.11. The van der Waals surface area contributed by atoms with Crippen LogP contribution in [0.3, 0.4) is 0 Å². The molecule has 1 N–H and O–H groups in total. The van der Waals surface area contributed by atoms with Crippen molar-refractivity contribution in [2.45, 2.75) is 51.6 Å². The molecule has 0 saturated carbocycles. The highest BCUT2D eigenvalue weighted by molar-refractivity contribution is 5.85. The number of hydrogen-bond acceptors (Lipinski definition) is 3. The van der Waals surface area contributed by atoms with Gasteiger partial charge in [-0.3, -0.25) is 9.69 Å². The maximum absolute atomic E-state index is 12.8. The van der Waals surface area contributed by atoms with Gasteiger partial charge in [0.2, 0.25) is 5.91 Å². The van der Waals surface area contributed by atoms with E-state index in [1.807, 2.05) is 11.9 Å². The summed E-state index contributed by atoms with van der Waals surface area (Å²) in [4.78, 5) is 17.2. The molecular weight excluding hydrogens is 309 g/mol. The Morgan fingerprint density at radius 3 is 2.29 bits per heavy atom. The topological polar surface area (TPSA) is 35.6 Å². The van der Waals surface area contributed by atoms with Crippen LogP contribution in [0.5, 0.6) is 0 Å². The van der Waals surface area contributed by atoms with Crippen LogP contribution >= 0.6 is 24.8 Å². The van der Waals surface area contributed by atoms with Gasteiger partial charge >= 0.3 is 0 Å². The summed E-state index contributed by atoms with van der Waals surface area (Å²) < 4.78 is 0. The molecule has 2 saturated heterocycles. The molecule has 21 heavy (non-hydrogen) atoms. The third kappa shape index (κ3) is 5.27. The zero-order valence-electron chi connectivity index (χ0n) is 13.5. The van der Waals surface area contributed by atoms with Crippen LogP contribution in [0.1, 0.15) is 39.5 Å². The molecular formula is C15H31Cl2N3O. The largest absolute Gasteiger partial charge is 0.340 e. The Balaban J connectivity index is 0.00000200. The second-order valence-electron chi connectivity index (χ2n) is 6.38. The molecule has 0 radical (unpaired) electrons. The second-order valence-corrected chi connectivity index (χ2v) is 6.38. The third-order valence-corrected chi connectivity index (χ3v) is 4.60. The van der Waals surface area contributed by atoms with Gasteiger partial charge in [-0.15, -0.1) is 24.8 Å². The van der Waals surface area contributed by atoms with Gasteiger partial charge in [-0.2, -0.15) is 0 Å². The van der Waals surface area contributed by atoms with E-state index in [0.29, 0.717) is 17.9 Å². The molecule has 2 unspecified atom stereocenters. The van der Waals surface area contributed by atoms with Crippen LogP contribution < -0.4 is 5.32 Å². The number of halogens is 2. The smallest absolute Gasteiger partial charge is 0.240 e. The van der Waals surface area contributed by atoms with E-state index in [1.54, 1.807) is 0 Å². The number of carbonyl (C=O) groups excluding carboxylic acids is 1. The van der Waals surface area contributed by atoms with Gasteiger partial charge in [0, 0.05) is 19.6 Å². The summed E-state index contributed by atoms with van der Waals surface area (Å²) in [7, 11) is 1.99. The summed E-state index contributed by atoms with van der Waals surface area (Å²) in [6, 6.07) is 0.462. The van der Waals surface area contributed by atoms with E-state index in [4.69, 9.17) is 0 Å². The highest BCUT2D eigenvalue weighted by atomic mass is 35.5. The lowest BCUT2D eigenvalue weighted by molar-refractivity contribution is -0.139. The lowest BCUT2D eigenvalue weighted by Gasteiger charge is -2.39. The Labute approximate surface area is 141 Å². The summed E-state index contributed by atoms with van der Waals surface area (Å²) in [5.74, 6) is 0.716. The number of amides is 1. The molecule has 0 aromatic carbocycles. The summed E-state index contributed by atoms with van der Waals surface area (Å²) >= 11 is 0. The van der Waals surface area contributed by atoms with Gasteiger partial charge in [-0.25, -0.2) is 0 Å². The second kappa shape index (κ2) is 9.88. The Morgan fingerprint density at radius 2 is 1.81 bits per heavy atom. The maximum atomic E-state index is 12.8. The monoisotopic (exact) mass is 339 g/mol. The van der Waals surface area contributed by atoms with E-state index in [2.05, 4.69) is 24.1 Å². The first-order valence-corrected chi connectivity index (χ1v) is 7.82. The molecule has 0 aromatic heterocycles. The average Bonchev–Trinajstić information content (AvgIpc) is 2.92. The minimum atomic E-state index is 0. The van der Waals surface area contributed by atoms with Gasteiger partial charge in [-0.1, -0.05) is 20.3 Å². The van der Waals surface area contributed by atoms with Crippen molar-refractivity contribution >= 4 is 30.7 Å². The van der Waals surface area contributed by atoms with Gasteiger partial charge in [0.15, 0.2) is 0 Å². The van der Waals surface area contributed by atoms with Crippen LogP contribution in [0.2, 0.25) is 0 Å². The number of nitrogens with one attached hydrogen (secondary N) is 1. The lowest BCUT2D eigenvalue weighted by atomic mass is 9.97. The van der Waals surface area contributed by atoms with Crippen molar-refractivity contribution in [3.8, 4) is 0 Å². The molecule has 1 amide bonds. The third-order valence-electron chi connectivity index (χ3n) is 4.60.